The molecular weight excluding hydrogens is 236 g/mol. The van der Waals surface area contributed by atoms with Crippen molar-refractivity contribution in [1.29, 1.82) is 0 Å². The maximum absolute atomic E-state index is 12.0. The molecular formula is C17H30O2. The smallest absolute Gasteiger partial charge is 0.306 e. The molecule has 2 fully saturated rings. The molecule has 0 bridgehead atoms. The van der Waals surface area contributed by atoms with Crippen molar-refractivity contribution in [2.75, 3.05) is 0 Å². The molecule has 0 aromatic rings. The molecule has 0 unspecified atom stereocenters. The van der Waals surface area contributed by atoms with Crippen molar-refractivity contribution >= 4 is 5.97 Å². The molecule has 1 aliphatic heterocycles. The molecule has 0 N–H and O–H groups in total. The Labute approximate surface area is 118 Å². The van der Waals surface area contributed by atoms with Crippen molar-refractivity contribution < 1.29 is 9.53 Å². The molecule has 2 nitrogen and oxygen atoms in total. The molecule has 110 valence electrons. The van der Waals surface area contributed by atoms with Gasteiger partial charge in [-0.3, -0.25) is 4.79 Å². The molecule has 0 aromatic heterocycles. The van der Waals surface area contributed by atoms with E-state index in [0.717, 1.165) is 12.8 Å². The zero-order chi connectivity index (χ0) is 14.3. The van der Waals surface area contributed by atoms with E-state index in [1.165, 1.54) is 25.7 Å². The standard InChI is InChI=1S/C17H30O2/c1-15(2)9-6-10-17(5)12-8-14(18)19-16(3,4)11-7-13(15)17/h13H,6-12H2,1-5H3/t13-,17+/m0/s1. The average Bonchev–Trinajstić information content (AvgIpc) is 2.27. The number of ether oxygens (including phenoxy) is 1. The lowest BCUT2D eigenvalue weighted by Crippen LogP contribution is -2.42. The van der Waals surface area contributed by atoms with Gasteiger partial charge in [0.05, 0.1) is 0 Å². The number of rotatable bonds is 0. The number of fused-ring (bicyclic) bond motifs is 1. The van der Waals surface area contributed by atoms with Gasteiger partial charge in [-0.05, 0) is 62.7 Å². The molecule has 2 heteroatoms. The summed E-state index contributed by atoms with van der Waals surface area (Å²) in [5, 5.41) is 0. The third-order valence-corrected chi connectivity index (χ3v) is 5.68. The van der Waals surface area contributed by atoms with Gasteiger partial charge in [0.2, 0.25) is 0 Å². The zero-order valence-electron chi connectivity index (χ0n) is 13.3. The molecule has 0 aromatic carbocycles. The van der Waals surface area contributed by atoms with E-state index in [1.807, 2.05) is 0 Å². The van der Waals surface area contributed by atoms with Gasteiger partial charge in [0.15, 0.2) is 0 Å². The van der Waals surface area contributed by atoms with E-state index in [9.17, 15) is 4.79 Å². The van der Waals surface area contributed by atoms with E-state index in [-0.39, 0.29) is 11.6 Å². The van der Waals surface area contributed by atoms with Gasteiger partial charge < -0.3 is 4.74 Å². The minimum absolute atomic E-state index is 0.00439. The maximum atomic E-state index is 12.0. The lowest BCUT2D eigenvalue weighted by Gasteiger charge is -2.51. The van der Waals surface area contributed by atoms with Crippen LogP contribution in [0.25, 0.3) is 0 Å². The second-order valence-electron chi connectivity index (χ2n) is 8.32. The van der Waals surface area contributed by atoms with E-state index < -0.39 is 0 Å². The van der Waals surface area contributed by atoms with Gasteiger partial charge in [-0.25, -0.2) is 0 Å². The molecule has 0 amide bonds. The van der Waals surface area contributed by atoms with E-state index in [1.54, 1.807) is 0 Å². The highest BCUT2D eigenvalue weighted by atomic mass is 16.6. The lowest BCUT2D eigenvalue weighted by atomic mass is 9.54. The van der Waals surface area contributed by atoms with Crippen LogP contribution in [0.15, 0.2) is 0 Å². The minimum Gasteiger partial charge on any atom is -0.460 e. The molecule has 1 aliphatic carbocycles. The molecule has 1 saturated heterocycles. The van der Waals surface area contributed by atoms with Crippen LogP contribution in [0.3, 0.4) is 0 Å². The third kappa shape index (κ3) is 3.14. The Bertz CT molecular complexity index is 356. The van der Waals surface area contributed by atoms with Crippen LogP contribution in [0, 0.1) is 16.7 Å². The fourth-order valence-electron chi connectivity index (χ4n) is 4.57. The van der Waals surface area contributed by atoms with Gasteiger partial charge in [-0.2, -0.15) is 0 Å². The van der Waals surface area contributed by atoms with E-state index in [2.05, 4.69) is 34.6 Å². The van der Waals surface area contributed by atoms with E-state index >= 15 is 0 Å². The van der Waals surface area contributed by atoms with Crippen LogP contribution in [0.5, 0.6) is 0 Å². The first kappa shape index (κ1) is 14.9. The van der Waals surface area contributed by atoms with Crippen LogP contribution < -0.4 is 0 Å². The Hall–Kier alpha value is -0.530. The van der Waals surface area contributed by atoms with Crippen LogP contribution in [0.1, 0.15) is 79.6 Å². The summed E-state index contributed by atoms with van der Waals surface area (Å²) in [6.45, 7) is 11.4. The van der Waals surface area contributed by atoms with Crippen LogP contribution in [-0.4, -0.2) is 11.6 Å². The monoisotopic (exact) mass is 266 g/mol. The SMILES string of the molecule is CC1(C)CC[C@H]2C(C)(C)CCC[C@]2(C)CCC(=O)O1. The Balaban J connectivity index is 2.27. The summed E-state index contributed by atoms with van der Waals surface area (Å²) in [4.78, 5) is 12.0. The quantitative estimate of drug-likeness (QED) is 0.593. The lowest BCUT2D eigenvalue weighted by molar-refractivity contribution is -0.157. The van der Waals surface area contributed by atoms with E-state index in [4.69, 9.17) is 4.74 Å². The van der Waals surface area contributed by atoms with Crippen molar-refractivity contribution in [3.05, 3.63) is 0 Å². The minimum atomic E-state index is -0.296. The molecule has 19 heavy (non-hydrogen) atoms. The van der Waals surface area contributed by atoms with Crippen molar-refractivity contribution in [3.63, 3.8) is 0 Å². The Kier molecular flexibility index (Phi) is 3.75. The van der Waals surface area contributed by atoms with Gasteiger partial charge in [0.25, 0.3) is 0 Å². The Morgan fingerprint density at radius 3 is 2.37 bits per heavy atom. The van der Waals surface area contributed by atoms with Gasteiger partial charge in [-0.1, -0.05) is 27.2 Å². The predicted octanol–water partition coefficient (Wildman–Crippen LogP) is 4.71. The highest BCUT2D eigenvalue weighted by Gasteiger charge is 2.47. The zero-order valence-corrected chi connectivity index (χ0v) is 13.3. The third-order valence-electron chi connectivity index (χ3n) is 5.68. The second kappa shape index (κ2) is 4.79. The summed E-state index contributed by atoms with van der Waals surface area (Å²) in [6.07, 6.45) is 7.66. The van der Waals surface area contributed by atoms with Crippen LogP contribution in [0.2, 0.25) is 0 Å². The van der Waals surface area contributed by atoms with Gasteiger partial charge >= 0.3 is 5.97 Å². The number of hydrogen-bond donors (Lipinski definition) is 0. The summed E-state index contributed by atoms with van der Waals surface area (Å²) in [5.74, 6) is 0.706. The van der Waals surface area contributed by atoms with Crippen LogP contribution >= 0.6 is 0 Å². The van der Waals surface area contributed by atoms with Crippen LogP contribution in [-0.2, 0) is 9.53 Å². The first-order valence-corrected chi connectivity index (χ1v) is 7.87. The molecule has 1 saturated carbocycles. The van der Waals surface area contributed by atoms with Crippen LogP contribution in [0.4, 0.5) is 0 Å². The fraction of sp³-hybridized carbons (Fsp3) is 0.941. The summed E-state index contributed by atoms with van der Waals surface area (Å²) in [5.41, 5.74) is 0.424. The van der Waals surface area contributed by atoms with Gasteiger partial charge in [0.1, 0.15) is 5.60 Å². The first-order valence-electron chi connectivity index (χ1n) is 7.87. The molecule has 1 heterocycles. The van der Waals surface area contributed by atoms with Crippen molar-refractivity contribution in [2.24, 2.45) is 16.7 Å². The normalized spacial score (nSPS) is 38.4. The van der Waals surface area contributed by atoms with Crippen molar-refractivity contribution in [2.45, 2.75) is 85.2 Å². The van der Waals surface area contributed by atoms with Gasteiger partial charge in [-0.15, -0.1) is 0 Å². The summed E-state index contributed by atoms with van der Waals surface area (Å²) in [6, 6.07) is 0. The topological polar surface area (TPSA) is 26.3 Å². The summed E-state index contributed by atoms with van der Waals surface area (Å²) in [7, 11) is 0. The second-order valence-corrected chi connectivity index (χ2v) is 8.32. The number of esters is 1. The Morgan fingerprint density at radius 2 is 1.68 bits per heavy atom. The molecule has 2 rings (SSSR count). The number of cyclic esters (lactones) is 1. The highest BCUT2D eigenvalue weighted by molar-refractivity contribution is 5.70. The first-order chi connectivity index (χ1) is 8.65. The number of carbonyl (C=O) groups excluding carboxylic acids is 1. The molecule has 0 radical (unpaired) electrons. The summed E-state index contributed by atoms with van der Waals surface area (Å²) >= 11 is 0. The molecule has 2 aliphatic rings. The van der Waals surface area contributed by atoms with Crippen molar-refractivity contribution in [3.8, 4) is 0 Å². The number of hydrogen-bond acceptors (Lipinski definition) is 2. The maximum Gasteiger partial charge on any atom is 0.306 e. The van der Waals surface area contributed by atoms with E-state index in [0.29, 0.717) is 23.2 Å². The van der Waals surface area contributed by atoms with Gasteiger partial charge in [0, 0.05) is 6.42 Å². The Morgan fingerprint density at radius 1 is 1.00 bits per heavy atom. The van der Waals surface area contributed by atoms with Crippen molar-refractivity contribution in [1.82, 2.24) is 0 Å². The average molecular weight is 266 g/mol. The summed E-state index contributed by atoms with van der Waals surface area (Å²) < 4.78 is 5.64. The largest absolute Gasteiger partial charge is 0.460 e. The molecule has 0 spiro atoms. The molecule has 2 atom stereocenters. The number of carbonyl (C=O) groups is 1. The highest BCUT2D eigenvalue weighted by Crippen LogP contribution is 2.55. The fourth-order valence-corrected chi connectivity index (χ4v) is 4.57. The predicted molar refractivity (Wildman–Crippen MR) is 77.9 cm³/mol.